The van der Waals surface area contributed by atoms with Crippen molar-refractivity contribution >= 4 is 5.78 Å². The van der Waals surface area contributed by atoms with Crippen molar-refractivity contribution in [2.45, 2.75) is 47.2 Å². The molecule has 0 aliphatic carbocycles. The number of benzene rings is 1. The Hall–Kier alpha value is -1.19. The normalized spacial score (nSPS) is 12.8. The minimum atomic E-state index is 0.112. The van der Waals surface area contributed by atoms with Gasteiger partial charge in [-0.15, -0.1) is 0 Å². The second-order valence-corrected chi connectivity index (χ2v) is 5.49. The number of carbonyl (C=O) groups is 1. The molecule has 0 heterocycles. The van der Waals surface area contributed by atoms with E-state index in [0.717, 1.165) is 23.2 Å². The molecule has 0 radical (unpaired) electrons. The molecule has 3 nitrogen and oxygen atoms in total. The van der Waals surface area contributed by atoms with E-state index >= 15 is 0 Å². The maximum Gasteiger partial charge on any atom is 0.160 e. The van der Waals surface area contributed by atoms with E-state index in [0.29, 0.717) is 0 Å². The Bertz CT molecular complexity index is 480. The number of aliphatic hydroxyl groups is 1. The molecule has 0 aliphatic heterocycles. The van der Waals surface area contributed by atoms with Gasteiger partial charge < -0.3 is 5.11 Å². The predicted octanol–water partition coefficient (Wildman–Crippen LogP) is 2.63. The molecule has 106 valence electrons. The second-order valence-electron chi connectivity index (χ2n) is 5.49. The lowest BCUT2D eigenvalue weighted by molar-refractivity contribution is 0.101. The summed E-state index contributed by atoms with van der Waals surface area (Å²) in [4.78, 5) is 13.9. The minimum absolute atomic E-state index is 0.112. The van der Waals surface area contributed by atoms with E-state index in [2.05, 4.69) is 17.9 Å². The molecular weight excluding hydrogens is 238 g/mol. The average molecular weight is 263 g/mol. The number of ketones is 1. The van der Waals surface area contributed by atoms with E-state index in [9.17, 15) is 9.90 Å². The molecule has 1 atom stereocenters. The summed E-state index contributed by atoms with van der Waals surface area (Å²) < 4.78 is 0. The average Bonchev–Trinajstić information content (AvgIpc) is 2.32. The number of aliphatic hydroxyl groups excluding tert-OH is 1. The molecule has 1 aromatic rings. The van der Waals surface area contributed by atoms with Gasteiger partial charge in [-0.25, -0.2) is 0 Å². The van der Waals surface area contributed by atoms with Gasteiger partial charge in [0.2, 0.25) is 0 Å². The van der Waals surface area contributed by atoms with E-state index in [1.807, 2.05) is 27.8 Å². The van der Waals surface area contributed by atoms with Crippen LogP contribution < -0.4 is 0 Å². The number of rotatable bonds is 5. The maximum absolute atomic E-state index is 11.8. The lowest BCUT2D eigenvalue weighted by atomic mass is 9.91. The van der Waals surface area contributed by atoms with Crippen molar-refractivity contribution in [3.8, 4) is 0 Å². The molecule has 0 saturated carbocycles. The van der Waals surface area contributed by atoms with Crippen molar-refractivity contribution in [1.29, 1.82) is 0 Å². The van der Waals surface area contributed by atoms with Crippen LogP contribution in [-0.4, -0.2) is 35.5 Å². The molecule has 3 heteroatoms. The molecule has 1 N–H and O–H groups in total. The van der Waals surface area contributed by atoms with Crippen LogP contribution in [0, 0.1) is 20.8 Å². The fourth-order valence-corrected chi connectivity index (χ4v) is 2.56. The molecule has 1 aromatic carbocycles. The molecule has 0 aromatic heterocycles. The summed E-state index contributed by atoms with van der Waals surface area (Å²) in [5, 5.41) is 9.21. The number of Topliss-reactive ketones (excluding diaryl/α,β-unsaturated/α-hetero) is 1. The molecule has 0 amide bonds. The number of aryl methyl sites for hydroxylation is 2. The van der Waals surface area contributed by atoms with E-state index in [1.54, 1.807) is 6.92 Å². The van der Waals surface area contributed by atoms with Crippen LogP contribution in [0.15, 0.2) is 6.07 Å². The van der Waals surface area contributed by atoms with Gasteiger partial charge >= 0.3 is 0 Å². The first-order valence-corrected chi connectivity index (χ1v) is 6.71. The Morgan fingerprint density at radius 3 is 2.37 bits per heavy atom. The Labute approximate surface area is 116 Å². The number of hydrogen-bond donors (Lipinski definition) is 1. The molecule has 1 unspecified atom stereocenters. The first kappa shape index (κ1) is 15.9. The topological polar surface area (TPSA) is 40.5 Å². The molecule has 1 rings (SSSR count). The van der Waals surface area contributed by atoms with Gasteiger partial charge in [0.1, 0.15) is 0 Å². The van der Waals surface area contributed by atoms with Gasteiger partial charge in [0.05, 0.1) is 6.61 Å². The predicted molar refractivity (Wildman–Crippen MR) is 78.7 cm³/mol. The van der Waals surface area contributed by atoms with Crippen molar-refractivity contribution in [1.82, 2.24) is 4.90 Å². The van der Waals surface area contributed by atoms with Gasteiger partial charge in [-0.05, 0) is 63.9 Å². The molecule has 19 heavy (non-hydrogen) atoms. The molecule has 0 saturated heterocycles. The Kier molecular flexibility index (Phi) is 5.27. The highest BCUT2D eigenvalue weighted by molar-refractivity contribution is 5.97. The van der Waals surface area contributed by atoms with Gasteiger partial charge in [0.15, 0.2) is 5.78 Å². The summed E-state index contributed by atoms with van der Waals surface area (Å²) in [5.74, 6) is 0.120. The van der Waals surface area contributed by atoms with E-state index in [4.69, 9.17) is 0 Å². The quantitative estimate of drug-likeness (QED) is 0.830. The van der Waals surface area contributed by atoms with Crippen molar-refractivity contribution in [2.24, 2.45) is 0 Å². The third-order valence-corrected chi connectivity index (χ3v) is 3.91. The zero-order valence-corrected chi connectivity index (χ0v) is 12.9. The number of hydrogen-bond acceptors (Lipinski definition) is 3. The summed E-state index contributed by atoms with van der Waals surface area (Å²) in [5.41, 5.74) is 5.35. The van der Waals surface area contributed by atoms with Crippen LogP contribution in [0.1, 0.15) is 46.5 Å². The van der Waals surface area contributed by atoms with Gasteiger partial charge in [-0.3, -0.25) is 9.69 Å². The summed E-state index contributed by atoms with van der Waals surface area (Å²) in [7, 11) is 1.99. The van der Waals surface area contributed by atoms with E-state index in [-0.39, 0.29) is 18.4 Å². The molecule has 0 fully saturated rings. The van der Waals surface area contributed by atoms with Crippen LogP contribution in [0.4, 0.5) is 0 Å². The second kappa shape index (κ2) is 6.31. The Morgan fingerprint density at radius 1 is 1.32 bits per heavy atom. The van der Waals surface area contributed by atoms with Gasteiger partial charge in [-0.1, -0.05) is 6.07 Å². The van der Waals surface area contributed by atoms with E-state index < -0.39 is 0 Å². The van der Waals surface area contributed by atoms with Crippen LogP contribution >= 0.6 is 0 Å². The highest BCUT2D eigenvalue weighted by Gasteiger charge is 2.17. The van der Waals surface area contributed by atoms with Gasteiger partial charge in [0.25, 0.3) is 0 Å². The van der Waals surface area contributed by atoms with Crippen LogP contribution in [0.3, 0.4) is 0 Å². The summed E-state index contributed by atoms with van der Waals surface area (Å²) >= 11 is 0. The van der Waals surface area contributed by atoms with Gasteiger partial charge in [-0.2, -0.15) is 0 Å². The first-order chi connectivity index (χ1) is 8.79. The zero-order chi connectivity index (χ0) is 14.7. The lowest BCUT2D eigenvalue weighted by Crippen LogP contribution is -2.32. The summed E-state index contributed by atoms with van der Waals surface area (Å²) in [6.45, 7) is 10.6. The lowest BCUT2D eigenvalue weighted by Gasteiger charge is -2.26. The fourth-order valence-electron chi connectivity index (χ4n) is 2.56. The molecule has 0 bridgehead atoms. The van der Waals surface area contributed by atoms with Crippen LogP contribution in [0.5, 0.6) is 0 Å². The molecular formula is C16H25NO2. The highest BCUT2D eigenvalue weighted by atomic mass is 16.3. The monoisotopic (exact) mass is 263 g/mol. The van der Waals surface area contributed by atoms with E-state index in [1.165, 1.54) is 11.1 Å². The molecule has 0 aliphatic rings. The van der Waals surface area contributed by atoms with Crippen molar-refractivity contribution in [2.75, 3.05) is 13.7 Å². The SMILES string of the molecule is CC(=O)c1c(C)cc(C)c(CN(C)C(C)CO)c1C. The van der Waals surface area contributed by atoms with Crippen LogP contribution in [0.25, 0.3) is 0 Å². The van der Waals surface area contributed by atoms with Crippen LogP contribution in [-0.2, 0) is 6.54 Å². The zero-order valence-electron chi connectivity index (χ0n) is 12.9. The smallest absolute Gasteiger partial charge is 0.160 e. The number of likely N-dealkylation sites (N-methyl/N-ethyl adjacent to an activating group) is 1. The Balaban J connectivity index is 3.21. The first-order valence-electron chi connectivity index (χ1n) is 6.71. The third kappa shape index (κ3) is 3.43. The summed E-state index contributed by atoms with van der Waals surface area (Å²) in [6, 6.07) is 2.19. The van der Waals surface area contributed by atoms with Crippen molar-refractivity contribution < 1.29 is 9.90 Å². The van der Waals surface area contributed by atoms with Gasteiger partial charge in [0, 0.05) is 18.2 Å². The van der Waals surface area contributed by atoms with Crippen molar-refractivity contribution in [3.63, 3.8) is 0 Å². The maximum atomic E-state index is 11.8. The Morgan fingerprint density at radius 2 is 1.89 bits per heavy atom. The van der Waals surface area contributed by atoms with Crippen LogP contribution in [0.2, 0.25) is 0 Å². The number of nitrogens with zero attached hydrogens (tertiary/aromatic N) is 1. The number of carbonyl (C=O) groups excluding carboxylic acids is 1. The molecule has 0 spiro atoms. The largest absolute Gasteiger partial charge is 0.395 e. The highest BCUT2D eigenvalue weighted by Crippen LogP contribution is 2.24. The third-order valence-electron chi connectivity index (χ3n) is 3.91. The minimum Gasteiger partial charge on any atom is -0.395 e. The standard InChI is InChI=1S/C16H25NO2/c1-10-7-11(2)16(14(5)19)13(4)15(10)8-17(6)12(3)9-18/h7,12,18H,8-9H2,1-6H3. The van der Waals surface area contributed by atoms with Crippen molar-refractivity contribution in [3.05, 3.63) is 33.9 Å². The fraction of sp³-hybridized carbons (Fsp3) is 0.562. The summed E-state index contributed by atoms with van der Waals surface area (Å²) in [6.07, 6.45) is 0.